The van der Waals surface area contributed by atoms with Crippen molar-refractivity contribution < 1.29 is 14.0 Å². The molecule has 1 aliphatic rings. The molecule has 5 nitrogen and oxygen atoms in total. The van der Waals surface area contributed by atoms with Gasteiger partial charge in [-0.25, -0.2) is 0 Å². The fraction of sp³-hybridized carbons (Fsp3) is 0.400. The maximum atomic E-state index is 5.70. The number of nitrogens with zero attached hydrogens (tertiary/aromatic N) is 1. The van der Waals surface area contributed by atoms with Crippen LogP contribution in [0.15, 0.2) is 28.8 Å². The van der Waals surface area contributed by atoms with Crippen LogP contribution < -0.4 is 14.8 Å². The second-order valence-electron chi connectivity index (χ2n) is 4.84. The molecule has 0 saturated carbocycles. The summed E-state index contributed by atoms with van der Waals surface area (Å²) in [5.41, 5.74) is 1.98. The molecule has 5 heteroatoms. The van der Waals surface area contributed by atoms with Crippen molar-refractivity contribution in [2.24, 2.45) is 0 Å². The summed E-state index contributed by atoms with van der Waals surface area (Å²) >= 11 is 0. The van der Waals surface area contributed by atoms with E-state index in [1.54, 1.807) is 0 Å². The van der Waals surface area contributed by atoms with Gasteiger partial charge in [-0.2, -0.15) is 0 Å². The van der Waals surface area contributed by atoms with Gasteiger partial charge in [0.2, 0.25) is 0 Å². The lowest BCUT2D eigenvalue weighted by Gasteiger charge is -2.09. The van der Waals surface area contributed by atoms with Crippen LogP contribution in [0, 0.1) is 6.92 Å². The highest BCUT2D eigenvalue weighted by Crippen LogP contribution is 2.35. The van der Waals surface area contributed by atoms with Crippen molar-refractivity contribution in [1.82, 2.24) is 10.5 Å². The number of rotatable bonds is 5. The van der Waals surface area contributed by atoms with Crippen LogP contribution in [-0.2, 0) is 6.61 Å². The van der Waals surface area contributed by atoms with Gasteiger partial charge in [0.25, 0.3) is 0 Å². The van der Waals surface area contributed by atoms with Crippen molar-refractivity contribution in [2.45, 2.75) is 26.5 Å². The zero-order valence-electron chi connectivity index (χ0n) is 11.7. The van der Waals surface area contributed by atoms with Gasteiger partial charge in [0.15, 0.2) is 0 Å². The number of fused-ring (bicyclic) bond motifs is 1. The topological polar surface area (TPSA) is 56.5 Å². The summed E-state index contributed by atoms with van der Waals surface area (Å²) in [7, 11) is 0. The van der Waals surface area contributed by atoms with E-state index in [-0.39, 0.29) is 6.04 Å². The summed E-state index contributed by atoms with van der Waals surface area (Å²) in [6.07, 6.45) is 0. The fourth-order valence-corrected chi connectivity index (χ4v) is 2.34. The zero-order valence-corrected chi connectivity index (χ0v) is 11.7. The Bertz CT molecular complexity index is 595. The van der Waals surface area contributed by atoms with Crippen molar-refractivity contribution in [3.05, 3.63) is 41.3 Å². The summed E-state index contributed by atoms with van der Waals surface area (Å²) in [5.74, 6) is 2.46. The summed E-state index contributed by atoms with van der Waals surface area (Å²) in [6, 6.07) is 8.09. The molecule has 2 heterocycles. The molecule has 0 spiro atoms. The smallest absolute Gasteiger partial charge is 0.134 e. The van der Waals surface area contributed by atoms with Crippen LogP contribution in [0.5, 0.6) is 11.5 Å². The maximum Gasteiger partial charge on any atom is 0.134 e. The normalized spacial score (nSPS) is 16.8. The molecule has 1 N–H and O–H groups in total. The standard InChI is InChI=1S/C15H18N2O3/c1-3-16-14-9-19-15-7-12(4-5-13(14)15)18-8-11-6-10(2)20-17-11/h4-7,14,16H,3,8-9H2,1-2H3. The Hall–Kier alpha value is -2.01. The molecule has 0 bridgehead atoms. The number of aromatic nitrogens is 1. The van der Waals surface area contributed by atoms with E-state index in [0.717, 1.165) is 29.5 Å². The molecular weight excluding hydrogens is 256 g/mol. The van der Waals surface area contributed by atoms with Gasteiger partial charge >= 0.3 is 0 Å². The molecule has 3 rings (SSSR count). The van der Waals surface area contributed by atoms with E-state index in [1.807, 2.05) is 25.1 Å². The number of hydrogen-bond donors (Lipinski definition) is 1. The van der Waals surface area contributed by atoms with Gasteiger partial charge in [0.05, 0.1) is 6.04 Å². The Labute approximate surface area is 117 Å². The fourth-order valence-electron chi connectivity index (χ4n) is 2.34. The molecule has 0 fully saturated rings. The van der Waals surface area contributed by atoms with Crippen LogP contribution in [0.4, 0.5) is 0 Å². The highest BCUT2D eigenvalue weighted by atomic mass is 16.5. The van der Waals surface area contributed by atoms with Crippen LogP contribution >= 0.6 is 0 Å². The van der Waals surface area contributed by atoms with E-state index >= 15 is 0 Å². The molecule has 1 atom stereocenters. The maximum absolute atomic E-state index is 5.70. The average molecular weight is 274 g/mol. The lowest BCUT2D eigenvalue weighted by molar-refractivity contribution is 0.284. The van der Waals surface area contributed by atoms with Gasteiger partial charge in [-0.3, -0.25) is 0 Å². The molecule has 20 heavy (non-hydrogen) atoms. The molecule has 1 aromatic heterocycles. The molecule has 0 aliphatic carbocycles. The van der Waals surface area contributed by atoms with E-state index in [1.165, 1.54) is 5.56 Å². The van der Waals surface area contributed by atoms with Crippen LogP contribution in [0.25, 0.3) is 0 Å². The predicted molar refractivity (Wildman–Crippen MR) is 73.9 cm³/mol. The highest BCUT2D eigenvalue weighted by Gasteiger charge is 2.23. The molecule has 2 aromatic rings. The van der Waals surface area contributed by atoms with E-state index in [2.05, 4.69) is 23.5 Å². The molecule has 0 amide bonds. The third-order valence-corrected chi connectivity index (χ3v) is 3.28. The van der Waals surface area contributed by atoms with Gasteiger partial charge in [0.1, 0.15) is 36.2 Å². The number of benzene rings is 1. The predicted octanol–water partition coefficient (Wildman–Crippen LogP) is 2.61. The minimum atomic E-state index is 0.280. The Balaban J connectivity index is 1.67. The van der Waals surface area contributed by atoms with Crippen molar-refractivity contribution in [2.75, 3.05) is 13.2 Å². The Morgan fingerprint density at radius 3 is 3.05 bits per heavy atom. The van der Waals surface area contributed by atoms with Crippen LogP contribution in [0.1, 0.15) is 30.0 Å². The Kier molecular flexibility index (Phi) is 3.60. The first-order valence-corrected chi connectivity index (χ1v) is 6.81. The Morgan fingerprint density at radius 2 is 2.30 bits per heavy atom. The first-order valence-electron chi connectivity index (χ1n) is 6.81. The monoisotopic (exact) mass is 274 g/mol. The molecule has 1 aliphatic heterocycles. The summed E-state index contributed by atoms with van der Waals surface area (Å²) in [5, 5.41) is 7.29. The third kappa shape index (κ3) is 2.63. The second kappa shape index (κ2) is 5.54. The lowest BCUT2D eigenvalue weighted by Crippen LogP contribution is -2.21. The minimum absolute atomic E-state index is 0.280. The number of hydrogen-bond acceptors (Lipinski definition) is 5. The van der Waals surface area contributed by atoms with Crippen LogP contribution in [0.3, 0.4) is 0 Å². The van der Waals surface area contributed by atoms with Crippen molar-refractivity contribution in [3.8, 4) is 11.5 Å². The van der Waals surface area contributed by atoms with E-state index < -0.39 is 0 Å². The number of ether oxygens (including phenoxy) is 2. The number of aryl methyl sites for hydroxylation is 1. The van der Waals surface area contributed by atoms with Gasteiger partial charge in [-0.05, 0) is 25.6 Å². The first-order chi connectivity index (χ1) is 9.76. The van der Waals surface area contributed by atoms with Gasteiger partial charge in [0, 0.05) is 17.7 Å². The molecule has 0 saturated heterocycles. The number of nitrogens with one attached hydrogen (secondary N) is 1. The Morgan fingerprint density at radius 1 is 1.40 bits per heavy atom. The van der Waals surface area contributed by atoms with Gasteiger partial charge < -0.3 is 19.3 Å². The minimum Gasteiger partial charge on any atom is -0.491 e. The molecule has 0 radical (unpaired) electrons. The zero-order chi connectivity index (χ0) is 13.9. The molecular formula is C15H18N2O3. The van der Waals surface area contributed by atoms with Crippen molar-refractivity contribution in [3.63, 3.8) is 0 Å². The quantitative estimate of drug-likeness (QED) is 0.908. The highest BCUT2D eigenvalue weighted by molar-refractivity contribution is 5.45. The van der Waals surface area contributed by atoms with Crippen LogP contribution in [-0.4, -0.2) is 18.3 Å². The summed E-state index contributed by atoms with van der Waals surface area (Å²) in [6.45, 7) is 5.95. The largest absolute Gasteiger partial charge is 0.491 e. The van der Waals surface area contributed by atoms with Crippen molar-refractivity contribution >= 4 is 0 Å². The van der Waals surface area contributed by atoms with Gasteiger partial charge in [-0.15, -0.1) is 0 Å². The SMILES string of the molecule is CCNC1COc2cc(OCc3cc(C)on3)ccc21. The first kappa shape index (κ1) is 13.0. The van der Waals surface area contributed by atoms with E-state index in [4.69, 9.17) is 14.0 Å². The molecule has 106 valence electrons. The number of likely N-dealkylation sites (N-methyl/N-ethyl adjacent to an activating group) is 1. The summed E-state index contributed by atoms with van der Waals surface area (Å²) < 4.78 is 16.4. The van der Waals surface area contributed by atoms with Crippen molar-refractivity contribution in [1.29, 1.82) is 0 Å². The van der Waals surface area contributed by atoms with E-state index in [9.17, 15) is 0 Å². The van der Waals surface area contributed by atoms with E-state index in [0.29, 0.717) is 13.2 Å². The molecule has 1 aromatic carbocycles. The third-order valence-electron chi connectivity index (χ3n) is 3.28. The second-order valence-corrected chi connectivity index (χ2v) is 4.84. The summed E-state index contributed by atoms with van der Waals surface area (Å²) in [4.78, 5) is 0. The lowest BCUT2D eigenvalue weighted by atomic mass is 10.1. The van der Waals surface area contributed by atoms with Crippen LogP contribution in [0.2, 0.25) is 0 Å². The molecule has 1 unspecified atom stereocenters. The van der Waals surface area contributed by atoms with Gasteiger partial charge in [-0.1, -0.05) is 12.1 Å². The average Bonchev–Trinajstić information content (AvgIpc) is 3.04.